The molecule has 0 spiro atoms. The number of nitrogens with one attached hydrogen (secondary N) is 1. The molecular weight excluding hydrogens is 200 g/mol. The van der Waals surface area contributed by atoms with Crippen molar-refractivity contribution in [3.63, 3.8) is 0 Å². The van der Waals surface area contributed by atoms with Crippen LogP contribution in [0.25, 0.3) is 0 Å². The van der Waals surface area contributed by atoms with Crippen LogP contribution >= 0.6 is 0 Å². The molecule has 1 aromatic carbocycles. The summed E-state index contributed by atoms with van der Waals surface area (Å²) in [6.45, 7) is 3.63. The highest BCUT2D eigenvalue weighted by Crippen LogP contribution is 2.01. The topological polar surface area (TPSA) is 38.1 Å². The van der Waals surface area contributed by atoms with E-state index in [1.165, 1.54) is 5.56 Å². The van der Waals surface area contributed by atoms with Gasteiger partial charge in [0.05, 0.1) is 5.69 Å². The summed E-state index contributed by atoms with van der Waals surface area (Å²) in [6.07, 6.45) is 1.04. The lowest BCUT2D eigenvalue weighted by Gasteiger charge is -2.02. The van der Waals surface area contributed by atoms with E-state index < -0.39 is 0 Å². The smallest absolute Gasteiger partial charge is 0.133 e. The van der Waals surface area contributed by atoms with Crippen LogP contribution in [0.3, 0.4) is 0 Å². The third kappa shape index (κ3) is 3.21. The van der Waals surface area contributed by atoms with Crippen molar-refractivity contribution in [2.24, 2.45) is 0 Å². The number of aryl methyl sites for hydroxylation is 1. The Hall–Kier alpha value is -1.61. The van der Waals surface area contributed by atoms with Gasteiger partial charge in [-0.2, -0.15) is 0 Å². The second-order valence-corrected chi connectivity index (χ2v) is 3.84. The normalized spacial score (nSPS) is 10.6. The van der Waals surface area contributed by atoms with Gasteiger partial charge >= 0.3 is 0 Å². The summed E-state index contributed by atoms with van der Waals surface area (Å²) in [6, 6.07) is 12.4. The van der Waals surface area contributed by atoms with Gasteiger partial charge in [-0.1, -0.05) is 35.5 Å². The van der Waals surface area contributed by atoms with Gasteiger partial charge in [0.1, 0.15) is 5.76 Å². The van der Waals surface area contributed by atoms with Crippen molar-refractivity contribution in [2.45, 2.75) is 19.9 Å². The highest BCUT2D eigenvalue weighted by molar-refractivity contribution is 5.14. The molecule has 0 radical (unpaired) electrons. The van der Waals surface area contributed by atoms with E-state index in [0.717, 1.165) is 31.0 Å². The number of hydrogen-bond donors (Lipinski definition) is 1. The number of benzene rings is 1. The molecule has 16 heavy (non-hydrogen) atoms. The highest BCUT2D eigenvalue weighted by atomic mass is 16.5. The summed E-state index contributed by atoms with van der Waals surface area (Å²) in [7, 11) is 0. The first-order valence-corrected chi connectivity index (χ1v) is 5.51. The molecule has 0 amide bonds. The Labute approximate surface area is 95.5 Å². The van der Waals surface area contributed by atoms with E-state index in [9.17, 15) is 0 Å². The standard InChI is InChI=1S/C13H16N2O/c1-11-9-13(15-16-11)10-14-8-7-12-5-3-2-4-6-12/h2-6,9,14H,7-8,10H2,1H3. The zero-order valence-electron chi connectivity index (χ0n) is 9.44. The molecule has 0 aliphatic heterocycles. The Morgan fingerprint density at radius 3 is 2.75 bits per heavy atom. The molecule has 2 aromatic rings. The van der Waals surface area contributed by atoms with E-state index in [1.807, 2.05) is 19.1 Å². The van der Waals surface area contributed by atoms with Gasteiger partial charge in [-0.25, -0.2) is 0 Å². The van der Waals surface area contributed by atoms with Crippen LogP contribution in [0.1, 0.15) is 17.0 Å². The van der Waals surface area contributed by atoms with Crippen molar-refractivity contribution < 1.29 is 4.52 Å². The average molecular weight is 216 g/mol. The van der Waals surface area contributed by atoms with Gasteiger partial charge in [-0.15, -0.1) is 0 Å². The fourth-order valence-electron chi connectivity index (χ4n) is 1.60. The van der Waals surface area contributed by atoms with E-state index in [4.69, 9.17) is 4.52 Å². The van der Waals surface area contributed by atoms with Crippen LogP contribution in [0.4, 0.5) is 0 Å². The van der Waals surface area contributed by atoms with Gasteiger partial charge in [0.15, 0.2) is 0 Å². The summed E-state index contributed by atoms with van der Waals surface area (Å²) in [5.74, 6) is 0.861. The van der Waals surface area contributed by atoms with Crippen molar-refractivity contribution >= 4 is 0 Å². The monoisotopic (exact) mass is 216 g/mol. The molecule has 1 N–H and O–H groups in total. The third-order valence-electron chi connectivity index (χ3n) is 2.42. The van der Waals surface area contributed by atoms with Gasteiger partial charge in [-0.05, 0) is 25.5 Å². The number of rotatable bonds is 5. The van der Waals surface area contributed by atoms with Crippen molar-refractivity contribution in [1.82, 2.24) is 10.5 Å². The van der Waals surface area contributed by atoms with E-state index >= 15 is 0 Å². The molecule has 84 valence electrons. The number of aromatic nitrogens is 1. The van der Waals surface area contributed by atoms with Gasteiger partial charge in [-0.3, -0.25) is 0 Å². The Balaban J connectivity index is 1.69. The lowest BCUT2D eigenvalue weighted by molar-refractivity contribution is 0.388. The molecule has 3 nitrogen and oxygen atoms in total. The summed E-state index contributed by atoms with van der Waals surface area (Å²) in [4.78, 5) is 0. The van der Waals surface area contributed by atoms with Gasteiger partial charge in [0.2, 0.25) is 0 Å². The molecule has 2 rings (SSSR count). The van der Waals surface area contributed by atoms with Crippen molar-refractivity contribution in [3.8, 4) is 0 Å². The molecular formula is C13H16N2O. The first kappa shape index (κ1) is 10.9. The molecule has 1 heterocycles. The quantitative estimate of drug-likeness (QED) is 0.779. The predicted molar refractivity (Wildman–Crippen MR) is 63.1 cm³/mol. The molecule has 0 fully saturated rings. The summed E-state index contributed by atoms with van der Waals surface area (Å²) >= 11 is 0. The zero-order chi connectivity index (χ0) is 11.2. The molecule has 0 saturated carbocycles. The fourth-order valence-corrected chi connectivity index (χ4v) is 1.60. The lowest BCUT2D eigenvalue weighted by Crippen LogP contribution is -2.16. The van der Waals surface area contributed by atoms with E-state index in [0.29, 0.717) is 0 Å². The maximum atomic E-state index is 4.99. The third-order valence-corrected chi connectivity index (χ3v) is 2.42. The van der Waals surface area contributed by atoms with Crippen LogP contribution in [-0.2, 0) is 13.0 Å². The van der Waals surface area contributed by atoms with E-state index in [2.05, 4.69) is 34.7 Å². The Morgan fingerprint density at radius 1 is 1.25 bits per heavy atom. The SMILES string of the molecule is Cc1cc(CNCCc2ccccc2)no1. The number of nitrogens with zero attached hydrogens (tertiary/aromatic N) is 1. The highest BCUT2D eigenvalue weighted by Gasteiger charge is 1.98. The van der Waals surface area contributed by atoms with Crippen LogP contribution in [0.2, 0.25) is 0 Å². The minimum atomic E-state index is 0.768. The first-order valence-electron chi connectivity index (χ1n) is 5.51. The Bertz CT molecular complexity index is 423. The van der Waals surface area contributed by atoms with E-state index in [-0.39, 0.29) is 0 Å². The largest absolute Gasteiger partial charge is 0.361 e. The molecule has 0 unspecified atom stereocenters. The van der Waals surface area contributed by atoms with E-state index in [1.54, 1.807) is 0 Å². The molecule has 0 aliphatic rings. The minimum Gasteiger partial charge on any atom is -0.361 e. The maximum Gasteiger partial charge on any atom is 0.133 e. The first-order chi connectivity index (χ1) is 7.84. The van der Waals surface area contributed by atoms with Crippen molar-refractivity contribution in [3.05, 3.63) is 53.4 Å². The second-order valence-electron chi connectivity index (χ2n) is 3.84. The summed E-state index contributed by atoms with van der Waals surface area (Å²) < 4.78 is 4.99. The molecule has 0 saturated heterocycles. The average Bonchev–Trinajstić information content (AvgIpc) is 2.72. The van der Waals surface area contributed by atoms with Gasteiger partial charge in [0.25, 0.3) is 0 Å². The molecule has 0 aliphatic carbocycles. The fraction of sp³-hybridized carbons (Fsp3) is 0.308. The van der Waals surface area contributed by atoms with Gasteiger partial charge < -0.3 is 9.84 Å². The van der Waals surface area contributed by atoms with Crippen LogP contribution in [0, 0.1) is 6.92 Å². The summed E-state index contributed by atoms with van der Waals surface area (Å²) in [5, 5.41) is 7.26. The minimum absolute atomic E-state index is 0.768. The van der Waals surface area contributed by atoms with Crippen LogP contribution in [0.5, 0.6) is 0 Å². The molecule has 1 aromatic heterocycles. The molecule has 3 heteroatoms. The predicted octanol–water partition coefficient (Wildman–Crippen LogP) is 2.32. The number of hydrogen-bond acceptors (Lipinski definition) is 3. The van der Waals surface area contributed by atoms with Crippen LogP contribution < -0.4 is 5.32 Å². The molecule has 0 atom stereocenters. The van der Waals surface area contributed by atoms with Crippen molar-refractivity contribution in [1.29, 1.82) is 0 Å². The Morgan fingerprint density at radius 2 is 2.06 bits per heavy atom. The Kier molecular flexibility index (Phi) is 3.72. The van der Waals surface area contributed by atoms with Crippen molar-refractivity contribution in [2.75, 3.05) is 6.54 Å². The zero-order valence-corrected chi connectivity index (χ0v) is 9.44. The summed E-state index contributed by atoms with van der Waals surface area (Å²) in [5.41, 5.74) is 2.32. The maximum absolute atomic E-state index is 4.99. The van der Waals surface area contributed by atoms with Crippen LogP contribution in [0.15, 0.2) is 40.9 Å². The lowest BCUT2D eigenvalue weighted by atomic mass is 10.1. The molecule has 0 bridgehead atoms. The second kappa shape index (κ2) is 5.47. The van der Waals surface area contributed by atoms with Gasteiger partial charge in [0, 0.05) is 12.6 Å². The van der Waals surface area contributed by atoms with Crippen LogP contribution in [-0.4, -0.2) is 11.7 Å².